The van der Waals surface area contributed by atoms with E-state index in [-0.39, 0.29) is 0 Å². The molecule has 1 fully saturated rings. The second kappa shape index (κ2) is 4.95. The molecule has 1 aliphatic rings. The molecule has 0 aliphatic carbocycles. The third kappa shape index (κ3) is 2.15. The van der Waals surface area contributed by atoms with Crippen LogP contribution in [0.25, 0.3) is 0 Å². The topological polar surface area (TPSA) is 52.0 Å². The van der Waals surface area contributed by atoms with E-state index in [4.69, 9.17) is 5.26 Å². The van der Waals surface area contributed by atoms with Gasteiger partial charge >= 0.3 is 0 Å². The average molecular weight is 216 g/mol. The van der Waals surface area contributed by atoms with Crippen molar-refractivity contribution in [2.24, 2.45) is 0 Å². The minimum absolute atomic E-state index is 0.514. The number of hydrogen-bond acceptors (Lipinski definition) is 4. The van der Waals surface area contributed by atoms with E-state index >= 15 is 0 Å². The fourth-order valence-corrected chi connectivity index (χ4v) is 2.16. The van der Waals surface area contributed by atoms with Gasteiger partial charge in [-0.05, 0) is 26.0 Å². The van der Waals surface area contributed by atoms with E-state index in [1.807, 2.05) is 7.05 Å². The lowest BCUT2D eigenvalue weighted by atomic mass is 10.0. The van der Waals surface area contributed by atoms with E-state index in [1.54, 1.807) is 18.5 Å². The zero-order valence-electron chi connectivity index (χ0n) is 9.48. The number of nitrogens with one attached hydrogen (secondary N) is 1. The zero-order chi connectivity index (χ0) is 11.4. The van der Waals surface area contributed by atoms with Gasteiger partial charge in [0.15, 0.2) is 0 Å². The van der Waals surface area contributed by atoms with Gasteiger partial charge in [0.05, 0.1) is 17.4 Å². The largest absolute Gasteiger partial charge is 0.368 e. The van der Waals surface area contributed by atoms with Gasteiger partial charge < -0.3 is 10.2 Å². The molecule has 0 bridgehead atoms. The van der Waals surface area contributed by atoms with Crippen LogP contribution in [0, 0.1) is 11.3 Å². The summed E-state index contributed by atoms with van der Waals surface area (Å²) in [6, 6.07) is 4.51. The van der Waals surface area contributed by atoms with Crippen molar-refractivity contribution in [3.63, 3.8) is 0 Å². The van der Waals surface area contributed by atoms with Crippen molar-refractivity contribution in [2.45, 2.75) is 18.9 Å². The second-order valence-electron chi connectivity index (χ2n) is 4.08. The van der Waals surface area contributed by atoms with E-state index in [0.29, 0.717) is 11.6 Å². The van der Waals surface area contributed by atoms with Gasteiger partial charge in [-0.3, -0.25) is 4.98 Å². The third-order valence-corrected chi connectivity index (χ3v) is 3.09. The Kier molecular flexibility index (Phi) is 3.37. The summed E-state index contributed by atoms with van der Waals surface area (Å²) in [7, 11) is 1.99. The minimum atomic E-state index is 0.514. The van der Waals surface area contributed by atoms with Gasteiger partial charge in [0, 0.05) is 25.3 Å². The highest BCUT2D eigenvalue weighted by Gasteiger charge is 2.20. The quantitative estimate of drug-likeness (QED) is 0.805. The van der Waals surface area contributed by atoms with Crippen molar-refractivity contribution in [2.75, 3.05) is 25.0 Å². The number of hydrogen-bond donors (Lipinski definition) is 1. The van der Waals surface area contributed by atoms with Crippen LogP contribution in [0.15, 0.2) is 18.5 Å². The molecule has 0 saturated carbocycles. The molecule has 1 aliphatic heterocycles. The van der Waals surface area contributed by atoms with Crippen molar-refractivity contribution < 1.29 is 0 Å². The molecule has 2 heterocycles. The fraction of sp³-hybridized carbons (Fsp3) is 0.500. The number of piperidine rings is 1. The zero-order valence-corrected chi connectivity index (χ0v) is 9.48. The maximum absolute atomic E-state index is 9.05. The number of likely N-dealkylation sites (N-methyl/N-ethyl adjacent to an activating group) is 1. The van der Waals surface area contributed by atoms with Crippen LogP contribution in [0.1, 0.15) is 18.4 Å². The van der Waals surface area contributed by atoms with Gasteiger partial charge in [-0.2, -0.15) is 5.26 Å². The highest BCUT2D eigenvalue weighted by molar-refractivity contribution is 5.57. The maximum Gasteiger partial charge on any atom is 0.101 e. The van der Waals surface area contributed by atoms with Crippen molar-refractivity contribution >= 4 is 5.69 Å². The molecule has 0 spiro atoms. The van der Waals surface area contributed by atoms with Crippen molar-refractivity contribution in [3.8, 4) is 6.07 Å². The molecule has 0 amide bonds. The molecule has 16 heavy (non-hydrogen) atoms. The normalized spacial score (nSPS) is 20.5. The van der Waals surface area contributed by atoms with E-state index in [9.17, 15) is 0 Å². The molecule has 1 saturated heterocycles. The Morgan fingerprint density at radius 3 is 3.25 bits per heavy atom. The number of anilines is 1. The first-order valence-corrected chi connectivity index (χ1v) is 5.61. The number of nitriles is 1. The van der Waals surface area contributed by atoms with Crippen LogP contribution < -0.4 is 10.2 Å². The van der Waals surface area contributed by atoms with Crippen molar-refractivity contribution in [1.29, 1.82) is 5.26 Å². The fourth-order valence-electron chi connectivity index (χ4n) is 2.16. The highest BCUT2D eigenvalue weighted by atomic mass is 15.2. The van der Waals surface area contributed by atoms with Crippen molar-refractivity contribution in [1.82, 2.24) is 10.3 Å². The molecule has 0 aromatic carbocycles. The van der Waals surface area contributed by atoms with E-state index in [0.717, 1.165) is 25.2 Å². The number of aromatic nitrogens is 1. The SMILES string of the molecule is CNC1CCCN(c2cnccc2C#N)C1. The molecule has 2 rings (SSSR count). The lowest BCUT2D eigenvalue weighted by Crippen LogP contribution is -2.44. The first kappa shape index (κ1) is 10.9. The van der Waals surface area contributed by atoms with Gasteiger partial charge in [0.25, 0.3) is 0 Å². The molecular weight excluding hydrogens is 200 g/mol. The van der Waals surface area contributed by atoms with Gasteiger partial charge in [-0.25, -0.2) is 0 Å². The number of rotatable bonds is 2. The summed E-state index contributed by atoms with van der Waals surface area (Å²) in [4.78, 5) is 6.35. The van der Waals surface area contributed by atoms with Crippen LogP contribution in [0.2, 0.25) is 0 Å². The van der Waals surface area contributed by atoms with Crippen LogP contribution in [-0.2, 0) is 0 Å². The second-order valence-corrected chi connectivity index (χ2v) is 4.08. The number of nitrogens with zero attached hydrogens (tertiary/aromatic N) is 3. The summed E-state index contributed by atoms with van der Waals surface area (Å²) >= 11 is 0. The minimum Gasteiger partial charge on any atom is -0.368 e. The average Bonchev–Trinajstić information content (AvgIpc) is 2.38. The molecule has 4 heteroatoms. The molecule has 0 radical (unpaired) electrons. The van der Waals surface area contributed by atoms with E-state index in [1.165, 1.54) is 6.42 Å². The van der Waals surface area contributed by atoms with E-state index in [2.05, 4.69) is 21.3 Å². The maximum atomic E-state index is 9.05. The van der Waals surface area contributed by atoms with Crippen LogP contribution >= 0.6 is 0 Å². The molecule has 1 aromatic heterocycles. The lowest BCUT2D eigenvalue weighted by Gasteiger charge is -2.34. The predicted molar refractivity (Wildman–Crippen MR) is 63.2 cm³/mol. The van der Waals surface area contributed by atoms with Gasteiger partial charge in [-0.1, -0.05) is 0 Å². The smallest absolute Gasteiger partial charge is 0.101 e. The highest BCUT2D eigenvalue weighted by Crippen LogP contribution is 2.22. The summed E-state index contributed by atoms with van der Waals surface area (Å²) < 4.78 is 0. The molecule has 4 nitrogen and oxygen atoms in total. The number of pyridine rings is 1. The Morgan fingerprint density at radius 1 is 1.62 bits per heavy atom. The Bertz CT molecular complexity index is 396. The molecule has 1 unspecified atom stereocenters. The summed E-state index contributed by atoms with van der Waals surface area (Å²) in [5.74, 6) is 0. The Balaban J connectivity index is 2.20. The first-order valence-electron chi connectivity index (χ1n) is 5.61. The summed E-state index contributed by atoms with van der Waals surface area (Å²) in [5.41, 5.74) is 1.68. The third-order valence-electron chi connectivity index (χ3n) is 3.09. The van der Waals surface area contributed by atoms with Gasteiger partial charge in [-0.15, -0.1) is 0 Å². The Morgan fingerprint density at radius 2 is 2.50 bits per heavy atom. The van der Waals surface area contributed by atoms with Crippen molar-refractivity contribution in [3.05, 3.63) is 24.0 Å². The first-order chi connectivity index (χ1) is 7.85. The summed E-state index contributed by atoms with van der Waals surface area (Å²) in [6.07, 6.45) is 5.82. The summed E-state index contributed by atoms with van der Waals surface area (Å²) in [6.45, 7) is 1.97. The van der Waals surface area contributed by atoms with Crippen LogP contribution in [-0.4, -0.2) is 31.2 Å². The molecule has 1 aromatic rings. The standard InChI is InChI=1S/C12H16N4/c1-14-11-3-2-6-16(9-11)12-8-15-5-4-10(12)7-13/h4-5,8,11,14H,2-3,6,9H2,1H3. The Labute approximate surface area is 95.9 Å². The van der Waals surface area contributed by atoms with Crippen LogP contribution in [0.4, 0.5) is 5.69 Å². The Hall–Kier alpha value is -1.60. The summed E-state index contributed by atoms with van der Waals surface area (Å²) in [5, 5.41) is 12.3. The molecule has 1 atom stereocenters. The molecule has 84 valence electrons. The molecule has 1 N–H and O–H groups in total. The lowest BCUT2D eigenvalue weighted by molar-refractivity contribution is 0.449. The monoisotopic (exact) mass is 216 g/mol. The van der Waals surface area contributed by atoms with Gasteiger partial charge in [0.1, 0.15) is 6.07 Å². The van der Waals surface area contributed by atoms with E-state index < -0.39 is 0 Å². The molecular formula is C12H16N4. The van der Waals surface area contributed by atoms with Crippen LogP contribution in [0.5, 0.6) is 0 Å². The van der Waals surface area contributed by atoms with Crippen LogP contribution in [0.3, 0.4) is 0 Å². The predicted octanol–water partition coefficient (Wildman–Crippen LogP) is 1.14. The van der Waals surface area contributed by atoms with Gasteiger partial charge in [0.2, 0.25) is 0 Å².